The van der Waals surface area contributed by atoms with Gasteiger partial charge in [-0.05, 0) is 57.4 Å². The first-order valence-corrected chi connectivity index (χ1v) is 8.61. The van der Waals surface area contributed by atoms with E-state index in [1.807, 2.05) is 31.2 Å². The molecule has 0 radical (unpaired) electrons. The summed E-state index contributed by atoms with van der Waals surface area (Å²) in [7, 11) is 0. The van der Waals surface area contributed by atoms with Crippen molar-refractivity contribution in [3.05, 3.63) is 65.2 Å². The van der Waals surface area contributed by atoms with Gasteiger partial charge in [-0.1, -0.05) is 42.0 Å². The average Bonchev–Trinajstić information content (AvgIpc) is 2.54. The van der Waals surface area contributed by atoms with Gasteiger partial charge in [0.15, 0.2) is 0 Å². The molecule has 25 heavy (non-hydrogen) atoms. The summed E-state index contributed by atoms with van der Waals surface area (Å²) < 4.78 is 5.81. The number of rotatable bonds is 7. The van der Waals surface area contributed by atoms with Gasteiger partial charge in [-0.3, -0.25) is 4.79 Å². The van der Waals surface area contributed by atoms with Crippen LogP contribution in [0.1, 0.15) is 37.5 Å². The second-order valence-electron chi connectivity index (χ2n) is 7.22. The molecule has 0 heterocycles. The number of carbonyl (C=O) groups excluding carboxylic acids is 1. The summed E-state index contributed by atoms with van der Waals surface area (Å²) in [5, 5.41) is 2.94. The number of amides is 1. The quantitative estimate of drug-likeness (QED) is 0.812. The zero-order valence-corrected chi connectivity index (χ0v) is 15.5. The Balaban J connectivity index is 1.85. The molecule has 3 N–H and O–H groups in total. The zero-order chi connectivity index (χ0) is 18.4. The first kappa shape index (κ1) is 19.0. The molecule has 1 unspecified atom stereocenters. The number of ether oxygens (including phenoxy) is 1. The Labute approximate surface area is 150 Å². The molecule has 0 aliphatic rings. The second kappa shape index (κ2) is 8.17. The highest BCUT2D eigenvalue weighted by molar-refractivity contribution is 5.85. The minimum Gasteiger partial charge on any atom is -0.489 e. The van der Waals surface area contributed by atoms with Crippen molar-refractivity contribution in [3.8, 4) is 5.75 Å². The van der Waals surface area contributed by atoms with Crippen LogP contribution >= 0.6 is 0 Å². The molecule has 2 aromatic carbocycles. The third-order valence-corrected chi connectivity index (χ3v) is 3.95. The molecule has 1 amide bonds. The van der Waals surface area contributed by atoms with Crippen LogP contribution in [-0.4, -0.2) is 17.5 Å². The van der Waals surface area contributed by atoms with E-state index in [1.54, 1.807) is 13.8 Å². The van der Waals surface area contributed by atoms with E-state index in [9.17, 15) is 4.79 Å². The molecule has 0 saturated heterocycles. The van der Waals surface area contributed by atoms with Crippen LogP contribution in [0.2, 0.25) is 0 Å². The van der Waals surface area contributed by atoms with Crippen molar-refractivity contribution >= 4 is 5.91 Å². The van der Waals surface area contributed by atoms with Crippen molar-refractivity contribution in [2.75, 3.05) is 0 Å². The Bertz CT molecular complexity index is 685. The summed E-state index contributed by atoms with van der Waals surface area (Å²) in [6.07, 6.45) is 0.750. The monoisotopic (exact) mass is 340 g/mol. The lowest BCUT2D eigenvalue weighted by Gasteiger charge is -2.22. The van der Waals surface area contributed by atoms with Crippen LogP contribution in [0.15, 0.2) is 48.5 Å². The summed E-state index contributed by atoms with van der Waals surface area (Å²) in [6.45, 7) is 8.01. The third-order valence-electron chi connectivity index (χ3n) is 3.95. The number of nitrogens with two attached hydrogens (primary N) is 1. The molecule has 1 atom stereocenters. The van der Waals surface area contributed by atoms with Crippen molar-refractivity contribution in [3.63, 3.8) is 0 Å². The predicted molar refractivity (Wildman–Crippen MR) is 102 cm³/mol. The van der Waals surface area contributed by atoms with E-state index >= 15 is 0 Å². The van der Waals surface area contributed by atoms with Crippen LogP contribution in [0.25, 0.3) is 0 Å². The Morgan fingerprint density at radius 1 is 1.08 bits per heavy atom. The first-order chi connectivity index (χ1) is 11.7. The van der Waals surface area contributed by atoms with Crippen LogP contribution < -0.4 is 15.8 Å². The molecule has 4 heteroatoms. The van der Waals surface area contributed by atoms with E-state index in [0.29, 0.717) is 6.61 Å². The SMILES string of the molecule is Cc1ccc(COc2ccc(CC(C)NC(=O)C(C)(C)N)cc2)cc1. The molecular formula is C21H28N2O2. The van der Waals surface area contributed by atoms with Crippen molar-refractivity contribution in [1.29, 1.82) is 0 Å². The van der Waals surface area contributed by atoms with E-state index < -0.39 is 5.54 Å². The lowest BCUT2D eigenvalue weighted by atomic mass is 10.0. The number of hydrogen-bond donors (Lipinski definition) is 2. The highest BCUT2D eigenvalue weighted by Gasteiger charge is 2.23. The standard InChI is InChI=1S/C21H28N2O2/c1-15-5-7-18(8-6-15)14-25-19-11-9-17(10-12-19)13-16(2)23-20(24)21(3,4)22/h5-12,16H,13-14,22H2,1-4H3,(H,23,24). The van der Waals surface area contributed by atoms with Crippen molar-refractivity contribution < 1.29 is 9.53 Å². The van der Waals surface area contributed by atoms with E-state index in [-0.39, 0.29) is 11.9 Å². The molecule has 2 aromatic rings. The van der Waals surface area contributed by atoms with Crippen LogP contribution in [0.3, 0.4) is 0 Å². The number of benzene rings is 2. The molecule has 0 fully saturated rings. The molecule has 134 valence electrons. The lowest BCUT2D eigenvalue weighted by Crippen LogP contribution is -2.51. The third kappa shape index (κ3) is 6.24. The summed E-state index contributed by atoms with van der Waals surface area (Å²) in [5.41, 5.74) is 8.48. The Morgan fingerprint density at radius 3 is 2.20 bits per heavy atom. The Morgan fingerprint density at radius 2 is 1.64 bits per heavy atom. The number of aryl methyl sites for hydroxylation is 1. The van der Waals surface area contributed by atoms with Crippen LogP contribution in [0.4, 0.5) is 0 Å². The van der Waals surface area contributed by atoms with E-state index in [0.717, 1.165) is 23.3 Å². The minimum absolute atomic E-state index is 0.0228. The van der Waals surface area contributed by atoms with E-state index in [2.05, 4.69) is 36.5 Å². The fourth-order valence-electron chi connectivity index (χ4n) is 2.39. The molecule has 2 rings (SSSR count). The Kier molecular flexibility index (Phi) is 6.21. The predicted octanol–water partition coefficient (Wildman–Crippen LogP) is 3.36. The summed E-state index contributed by atoms with van der Waals surface area (Å²) in [6, 6.07) is 16.3. The van der Waals surface area contributed by atoms with Gasteiger partial charge in [0.1, 0.15) is 12.4 Å². The van der Waals surface area contributed by atoms with Gasteiger partial charge in [-0.15, -0.1) is 0 Å². The van der Waals surface area contributed by atoms with E-state index in [4.69, 9.17) is 10.5 Å². The van der Waals surface area contributed by atoms with Crippen LogP contribution in [0.5, 0.6) is 5.75 Å². The van der Waals surface area contributed by atoms with Crippen molar-refractivity contribution in [2.24, 2.45) is 5.73 Å². The first-order valence-electron chi connectivity index (χ1n) is 8.61. The summed E-state index contributed by atoms with van der Waals surface area (Å²) in [5.74, 6) is 0.696. The van der Waals surface area contributed by atoms with E-state index in [1.165, 1.54) is 5.56 Å². The molecule has 0 aliphatic carbocycles. The normalized spacial score (nSPS) is 12.5. The maximum atomic E-state index is 11.9. The Hall–Kier alpha value is -2.33. The topological polar surface area (TPSA) is 64.3 Å². The molecule has 0 aliphatic heterocycles. The second-order valence-corrected chi connectivity index (χ2v) is 7.22. The molecular weight excluding hydrogens is 312 g/mol. The minimum atomic E-state index is -0.859. The number of hydrogen-bond acceptors (Lipinski definition) is 3. The highest BCUT2D eigenvalue weighted by atomic mass is 16.5. The fraction of sp³-hybridized carbons (Fsp3) is 0.381. The molecule has 0 bridgehead atoms. The maximum absolute atomic E-state index is 11.9. The van der Waals surface area contributed by atoms with Gasteiger partial charge in [0.2, 0.25) is 5.91 Å². The van der Waals surface area contributed by atoms with Crippen LogP contribution in [0, 0.1) is 6.92 Å². The van der Waals surface area contributed by atoms with Crippen molar-refractivity contribution in [1.82, 2.24) is 5.32 Å². The summed E-state index contributed by atoms with van der Waals surface area (Å²) >= 11 is 0. The van der Waals surface area contributed by atoms with Gasteiger partial charge in [-0.2, -0.15) is 0 Å². The van der Waals surface area contributed by atoms with Gasteiger partial charge in [0, 0.05) is 6.04 Å². The fourth-order valence-corrected chi connectivity index (χ4v) is 2.39. The highest BCUT2D eigenvalue weighted by Crippen LogP contribution is 2.16. The van der Waals surface area contributed by atoms with Gasteiger partial charge < -0.3 is 15.8 Å². The largest absolute Gasteiger partial charge is 0.489 e. The molecule has 0 aromatic heterocycles. The van der Waals surface area contributed by atoms with Gasteiger partial charge in [-0.25, -0.2) is 0 Å². The van der Waals surface area contributed by atoms with Crippen molar-refractivity contribution in [2.45, 2.75) is 52.3 Å². The maximum Gasteiger partial charge on any atom is 0.239 e. The molecule has 0 saturated carbocycles. The zero-order valence-electron chi connectivity index (χ0n) is 15.5. The van der Waals surface area contributed by atoms with Gasteiger partial charge in [0.05, 0.1) is 5.54 Å². The van der Waals surface area contributed by atoms with Gasteiger partial charge >= 0.3 is 0 Å². The lowest BCUT2D eigenvalue weighted by molar-refractivity contribution is -0.125. The summed E-state index contributed by atoms with van der Waals surface area (Å²) in [4.78, 5) is 11.9. The average molecular weight is 340 g/mol. The molecule has 4 nitrogen and oxygen atoms in total. The molecule has 0 spiro atoms. The van der Waals surface area contributed by atoms with Crippen LogP contribution in [-0.2, 0) is 17.8 Å². The smallest absolute Gasteiger partial charge is 0.239 e. The van der Waals surface area contributed by atoms with Gasteiger partial charge in [0.25, 0.3) is 0 Å². The number of carbonyl (C=O) groups is 1. The number of nitrogens with one attached hydrogen (secondary N) is 1.